The molecule has 9 nitrogen and oxygen atoms in total. The number of hydrogen-bond acceptors (Lipinski definition) is 6. The average Bonchev–Trinajstić information content (AvgIpc) is 2.69. The highest BCUT2D eigenvalue weighted by Gasteiger charge is 2.08. The molecule has 0 atom stereocenters. The van der Waals surface area contributed by atoms with E-state index in [1.165, 1.54) is 29.8 Å². The molecule has 0 saturated carbocycles. The Hall–Kier alpha value is -2.94. The minimum Gasteiger partial charge on any atom is -0.370 e. The Balaban J connectivity index is 1.81. The van der Waals surface area contributed by atoms with Crippen molar-refractivity contribution in [3.05, 3.63) is 66.8 Å². The number of aryl methyl sites for hydroxylation is 1. The minimum atomic E-state index is -0.395. The first-order valence-electron chi connectivity index (χ1n) is 9.30. The molecule has 2 rings (SSSR count). The molecule has 1 N–H and O–H groups in total. The van der Waals surface area contributed by atoms with E-state index in [0.717, 1.165) is 42.6 Å². The van der Waals surface area contributed by atoms with Crippen LogP contribution in [-0.2, 0) is 20.5 Å². The predicted molar refractivity (Wildman–Crippen MR) is 109 cm³/mol. The van der Waals surface area contributed by atoms with E-state index in [0.29, 0.717) is 12.4 Å². The van der Waals surface area contributed by atoms with E-state index in [1.807, 2.05) is 0 Å². The van der Waals surface area contributed by atoms with Gasteiger partial charge in [-0.3, -0.25) is 24.0 Å². The molecule has 0 aliphatic heterocycles. The second-order valence-corrected chi connectivity index (χ2v) is 6.66. The van der Waals surface area contributed by atoms with E-state index in [1.54, 1.807) is 19.2 Å². The van der Waals surface area contributed by atoms with Crippen LogP contribution in [0.1, 0.15) is 18.9 Å². The smallest absolute Gasteiger partial charge is 0.332 e. The van der Waals surface area contributed by atoms with Crippen molar-refractivity contribution >= 4 is 11.5 Å². The summed E-state index contributed by atoms with van der Waals surface area (Å²) in [4.78, 5) is 36.3. The number of aromatic nitrogens is 2. The van der Waals surface area contributed by atoms with Crippen molar-refractivity contribution in [2.24, 2.45) is 14.1 Å². The van der Waals surface area contributed by atoms with Gasteiger partial charge in [-0.2, -0.15) is 0 Å². The van der Waals surface area contributed by atoms with E-state index >= 15 is 0 Å². The summed E-state index contributed by atoms with van der Waals surface area (Å²) in [5.41, 5.74) is 0.497. The standard InChI is InChI=1S/C19H27N5O4/c1-4-23(12-5-6-15-7-9-16(10-8-15)24(27)28)13-11-20-17-14-18(25)22(3)19(26)21(17)2/h7-10,14,20H,4-6,11-13H2,1-3H3. The maximum atomic E-state index is 11.9. The first kappa shape index (κ1) is 21.4. The molecule has 0 aliphatic carbocycles. The summed E-state index contributed by atoms with van der Waals surface area (Å²) >= 11 is 0. The van der Waals surface area contributed by atoms with Crippen molar-refractivity contribution in [3.63, 3.8) is 0 Å². The fraction of sp³-hybridized carbons (Fsp3) is 0.474. The third kappa shape index (κ3) is 5.53. The van der Waals surface area contributed by atoms with E-state index in [2.05, 4.69) is 17.1 Å². The highest BCUT2D eigenvalue weighted by atomic mass is 16.6. The summed E-state index contributed by atoms with van der Waals surface area (Å²) < 4.78 is 2.49. The summed E-state index contributed by atoms with van der Waals surface area (Å²) in [5, 5.41) is 13.8. The highest BCUT2D eigenvalue weighted by Crippen LogP contribution is 2.13. The van der Waals surface area contributed by atoms with Gasteiger partial charge in [0, 0.05) is 45.4 Å². The summed E-state index contributed by atoms with van der Waals surface area (Å²) in [5.74, 6) is 0.509. The zero-order chi connectivity index (χ0) is 20.7. The van der Waals surface area contributed by atoms with Crippen LogP contribution < -0.4 is 16.6 Å². The maximum Gasteiger partial charge on any atom is 0.332 e. The Kier molecular flexibility index (Phi) is 7.51. The van der Waals surface area contributed by atoms with Crippen LogP contribution >= 0.6 is 0 Å². The average molecular weight is 389 g/mol. The lowest BCUT2D eigenvalue weighted by Crippen LogP contribution is -2.38. The fourth-order valence-corrected chi connectivity index (χ4v) is 2.96. The second-order valence-electron chi connectivity index (χ2n) is 6.66. The largest absolute Gasteiger partial charge is 0.370 e. The number of likely N-dealkylation sites (N-methyl/N-ethyl adjacent to an activating group) is 1. The molecule has 152 valence electrons. The van der Waals surface area contributed by atoms with Crippen molar-refractivity contribution in [3.8, 4) is 0 Å². The number of non-ortho nitro benzene ring substituents is 1. The molecule has 9 heteroatoms. The molecule has 0 fully saturated rings. The van der Waals surface area contributed by atoms with Gasteiger partial charge < -0.3 is 10.2 Å². The molecule has 0 saturated heterocycles. The van der Waals surface area contributed by atoms with Gasteiger partial charge in [0.2, 0.25) is 0 Å². The number of hydrogen-bond donors (Lipinski definition) is 1. The van der Waals surface area contributed by atoms with Crippen molar-refractivity contribution in [2.75, 3.05) is 31.5 Å². The molecule has 0 aliphatic rings. The van der Waals surface area contributed by atoms with E-state index in [4.69, 9.17) is 0 Å². The minimum absolute atomic E-state index is 0.107. The number of nitrogens with one attached hydrogen (secondary N) is 1. The Morgan fingerprint density at radius 1 is 1.11 bits per heavy atom. The van der Waals surface area contributed by atoms with Crippen LogP contribution in [0.15, 0.2) is 39.9 Å². The van der Waals surface area contributed by atoms with Crippen LogP contribution in [0.4, 0.5) is 11.5 Å². The molecule has 0 spiro atoms. The van der Waals surface area contributed by atoms with Gasteiger partial charge in [0.05, 0.1) is 4.92 Å². The number of nitro groups is 1. The molecule has 2 aromatic rings. The third-order valence-corrected chi connectivity index (χ3v) is 4.79. The number of benzene rings is 1. The van der Waals surface area contributed by atoms with E-state index in [-0.39, 0.29) is 16.9 Å². The lowest BCUT2D eigenvalue weighted by molar-refractivity contribution is -0.384. The monoisotopic (exact) mass is 389 g/mol. The van der Waals surface area contributed by atoms with Crippen molar-refractivity contribution in [1.29, 1.82) is 0 Å². The van der Waals surface area contributed by atoms with Gasteiger partial charge in [-0.05, 0) is 31.5 Å². The quantitative estimate of drug-likeness (QED) is 0.486. The summed E-state index contributed by atoms with van der Waals surface area (Å²) in [7, 11) is 3.09. The summed E-state index contributed by atoms with van der Waals surface area (Å²) in [6.07, 6.45) is 1.79. The van der Waals surface area contributed by atoms with Gasteiger partial charge in [-0.15, -0.1) is 0 Å². The number of anilines is 1. The van der Waals surface area contributed by atoms with Gasteiger partial charge in [0.15, 0.2) is 0 Å². The maximum absolute atomic E-state index is 11.9. The molecule has 28 heavy (non-hydrogen) atoms. The van der Waals surface area contributed by atoms with E-state index < -0.39 is 4.92 Å². The Labute approximate surface area is 163 Å². The molecule has 1 aromatic carbocycles. The fourth-order valence-electron chi connectivity index (χ4n) is 2.96. The molecule has 1 aromatic heterocycles. The SMILES string of the molecule is CCN(CCCc1ccc([N+](=O)[O-])cc1)CCNc1cc(=O)n(C)c(=O)n1C. The molecule has 0 bridgehead atoms. The van der Waals surface area contributed by atoms with Gasteiger partial charge in [0.1, 0.15) is 5.82 Å². The number of nitro benzene ring substituents is 1. The van der Waals surface area contributed by atoms with Crippen molar-refractivity contribution in [2.45, 2.75) is 19.8 Å². The Morgan fingerprint density at radius 2 is 1.79 bits per heavy atom. The molecular weight excluding hydrogens is 362 g/mol. The lowest BCUT2D eigenvalue weighted by Gasteiger charge is -2.21. The molecule has 0 unspecified atom stereocenters. The van der Waals surface area contributed by atoms with Crippen LogP contribution in [-0.4, -0.2) is 45.1 Å². The first-order chi connectivity index (χ1) is 13.3. The molecule has 0 radical (unpaired) electrons. The Morgan fingerprint density at radius 3 is 2.39 bits per heavy atom. The molecule has 0 amide bonds. The van der Waals surface area contributed by atoms with Crippen LogP contribution in [0.2, 0.25) is 0 Å². The normalized spacial score (nSPS) is 11.0. The van der Waals surface area contributed by atoms with Gasteiger partial charge >= 0.3 is 5.69 Å². The molecule has 1 heterocycles. The number of rotatable bonds is 10. The van der Waals surface area contributed by atoms with E-state index in [9.17, 15) is 19.7 Å². The third-order valence-electron chi connectivity index (χ3n) is 4.79. The van der Waals surface area contributed by atoms with Gasteiger partial charge in [-0.25, -0.2) is 4.79 Å². The van der Waals surface area contributed by atoms with Crippen LogP contribution in [0.25, 0.3) is 0 Å². The lowest BCUT2D eigenvalue weighted by atomic mass is 10.1. The Bertz CT molecular complexity index is 917. The second kappa shape index (κ2) is 9.84. The highest BCUT2D eigenvalue weighted by molar-refractivity contribution is 5.34. The van der Waals surface area contributed by atoms with Crippen LogP contribution in [0.5, 0.6) is 0 Å². The van der Waals surface area contributed by atoms with Crippen molar-refractivity contribution in [1.82, 2.24) is 14.0 Å². The number of nitrogens with zero attached hydrogens (tertiary/aromatic N) is 4. The van der Waals surface area contributed by atoms with Crippen LogP contribution in [0.3, 0.4) is 0 Å². The van der Waals surface area contributed by atoms with Gasteiger partial charge in [-0.1, -0.05) is 19.1 Å². The first-order valence-corrected chi connectivity index (χ1v) is 9.30. The predicted octanol–water partition coefficient (Wildman–Crippen LogP) is 1.36. The zero-order valence-electron chi connectivity index (χ0n) is 16.6. The topological polar surface area (TPSA) is 102 Å². The summed E-state index contributed by atoms with van der Waals surface area (Å²) in [6, 6.07) is 8.08. The van der Waals surface area contributed by atoms with Gasteiger partial charge in [0.25, 0.3) is 11.2 Å². The van der Waals surface area contributed by atoms with Crippen LogP contribution in [0, 0.1) is 10.1 Å². The van der Waals surface area contributed by atoms with Crippen molar-refractivity contribution < 1.29 is 4.92 Å². The summed E-state index contributed by atoms with van der Waals surface area (Å²) in [6.45, 7) is 5.26. The molecular formula is C19H27N5O4. The zero-order valence-corrected chi connectivity index (χ0v) is 16.6.